The van der Waals surface area contributed by atoms with Gasteiger partial charge in [0.15, 0.2) is 11.5 Å². The van der Waals surface area contributed by atoms with Crippen molar-refractivity contribution in [2.45, 2.75) is 18.9 Å². The minimum atomic E-state index is -0.109. The number of carbonyl (C=O) groups excluding carboxylic acids is 1. The van der Waals surface area contributed by atoms with Gasteiger partial charge in [-0.3, -0.25) is 9.78 Å². The van der Waals surface area contributed by atoms with E-state index in [2.05, 4.69) is 4.98 Å². The Bertz CT molecular complexity index is 715. The van der Waals surface area contributed by atoms with Crippen LogP contribution in [-0.2, 0) is 4.74 Å². The Hall–Kier alpha value is -2.60. The highest BCUT2D eigenvalue weighted by Crippen LogP contribution is 2.29. The second-order valence-corrected chi connectivity index (χ2v) is 5.83. The number of anilines is 1. The van der Waals surface area contributed by atoms with Crippen LogP contribution in [0.3, 0.4) is 0 Å². The molecule has 0 spiro atoms. The summed E-state index contributed by atoms with van der Waals surface area (Å²) in [5, 5.41) is 0. The van der Waals surface area contributed by atoms with Crippen molar-refractivity contribution < 1.29 is 19.0 Å². The first-order valence-corrected chi connectivity index (χ1v) is 8.28. The SMILES string of the molecule is COc1ccc(C(=O)N(C[C@@H]2CCCO2)c2ccncc2)cc1OC. The van der Waals surface area contributed by atoms with Crippen LogP contribution in [0.5, 0.6) is 11.5 Å². The number of methoxy groups -OCH3 is 2. The lowest BCUT2D eigenvalue weighted by Crippen LogP contribution is -2.37. The molecule has 2 aromatic rings. The molecular formula is C19H22N2O4. The number of benzene rings is 1. The van der Waals surface area contributed by atoms with Gasteiger partial charge < -0.3 is 19.1 Å². The Kier molecular flexibility index (Phi) is 5.50. The topological polar surface area (TPSA) is 60.9 Å². The van der Waals surface area contributed by atoms with Crippen molar-refractivity contribution in [3.63, 3.8) is 0 Å². The van der Waals surface area contributed by atoms with Crippen molar-refractivity contribution in [2.75, 3.05) is 32.3 Å². The van der Waals surface area contributed by atoms with E-state index >= 15 is 0 Å². The lowest BCUT2D eigenvalue weighted by molar-refractivity contribution is 0.0917. The Morgan fingerprint density at radius 2 is 1.96 bits per heavy atom. The molecule has 1 amide bonds. The molecule has 25 heavy (non-hydrogen) atoms. The lowest BCUT2D eigenvalue weighted by atomic mass is 10.1. The molecule has 6 nitrogen and oxygen atoms in total. The maximum atomic E-state index is 13.2. The predicted octanol–water partition coefficient (Wildman–Crippen LogP) is 2.92. The molecule has 2 heterocycles. The predicted molar refractivity (Wildman–Crippen MR) is 94.4 cm³/mol. The van der Waals surface area contributed by atoms with E-state index in [0.717, 1.165) is 25.1 Å². The normalized spacial score (nSPS) is 16.5. The second-order valence-electron chi connectivity index (χ2n) is 5.83. The van der Waals surface area contributed by atoms with Crippen LogP contribution in [0.1, 0.15) is 23.2 Å². The third kappa shape index (κ3) is 3.91. The number of hydrogen-bond donors (Lipinski definition) is 0. The van der Waals surface area contributed by atoms with E-state index in [1.165, 1.54) is 0 Å². The van der Waals surface area contributed by atoms with Crippen molar-refractivity contribution in [1.29, 1.82) is 0 Å². The summed E-state index contributed by atoms with van der Waals surface area (Å²) >= 11 is 0. The highest BCUT2D eigenvalue weighted by atomic mass is 16.5. The summed E-state index contributed by atoms with van der Waals surface area (Å²) in [4.78, 5) is 18.9. The number of hydrogen-bond acceptors (Lipinski definition) is 5. The molecular weight excluding hydrogens is 320 g/mol. The first kappa shape index (κ1) is 17.2. The maximum absolute atomic E-state index is 13.2. The summed E-state index contributed by atoms with van der Waals surface area (Å²) < 4.78 is 16.3. The van der Waals surface area contributed by atoms with E-state index in [1.807, 2.05) is 12.1 Å². The van der Waals surface area contributed by atoms with Crippen molar-refractivity contribution in [2.24, 2.45) is 0 Å². The molecule has 1 fully saturated rings. The van der Waals surface area contributed by atoms with E-state index in [1.54, 1.807) is 49.7 Å². The molecule has 0 bridgehead atoms. The Morgan fingerprint density at radius 3 is 2.60 bits per heavy atom. The summed E-state index contributed by atoms with van der Waals surface area (Å²) in [5.74, 6) is 1.01. The van der Waals surface area contributed by atoms with Crippen LogP contribution < -0.4 is 14.4 Å². The second kappa shape index (κ2) is 7.98. The number of aromatic nitrogens is 1. The summed E-state index contributed by atoms with van der Waals surface area (Å²) in [7, 11) is 3.12. The average Bonchev–Trinajstić information content (AvgIpc) is 3.19. The van der Waals surface area contributed by atoms with Crippen LogP contribution in [0.15, 0.2) is 42.7 Å². The van der Waals surface area contributed by atoms with Gasteiger partial charge in [-0.1, -0.05) is 0 Å². The number of nitrogens with zero attached hydrogens (tertiary/aromatic N) is 2. The Morgan fingerprint density at radius 1 is 1.20 bits per heavy atom. The minimum absolute atomic E-state index is 0.0530. The van der Waals surface area contributed by atoms with E-state index in [9.17, 15) is 4.79 Å². The smallest absolute Gasteiger partial charge is 0.258 e. The molecule has 0 aliphatic carbocycles. The van der Waals surface area contributed by atoms with Gasteiger partial charge in [0.05, 0.1) is 26.9 Å². The number of rotatable bonds is 6. The maximum Gasteiger partial charge on any atom is 0.258 e. The Balaban J connectivity index is 1.90. The van der Waals surface area contributed by atoms with Gasteiger partial charge in [0.2, 0.25) is 0 Å². The van der Waals surface area contributed by atoms with Gasteiger partial charge in [-0.15, -0.1) is 0 Å². The first-order chi connectivity index (χ1) is 12.2. The zero-order valence-electron chi connectivity index (χ0n) is 14.5. The van der Waals surface area contributed by atoms with Gasteiger partial charge in [0.1, 0.15) is 0 Å². The molecule has 1 aromatic carbocycles. The molecule has 6 heteroatoms. The van der Waals surface area contributed by atoms with E-state index in [-0.39, 0.29) is 12.0 Å². The fourth-order valence-electron chi connectivity index (χ4n) is 2.95. The molecule has 0 saturated carbocycles. The van der Waals surface area contributed by atoms with Gasteiger partial charge in [-0.25, -0.2) is 0 Å². The fraction of sp³-hybridized carbons (Fsp3) is 0.368. The molecule has 132 valence electrons. The number of ether oxygens (including phenoxy) is 3. The molecule has 3 rings (SSSR count). The third-order valence-electron chi connectivity index (χ3n) is 4.26. The monoisotopic (exact) mass is 342 g/mol. The molecule has 0 unspecified atom stereocenters. The number of carbonyl (C=O) groups is 1. The quantitative estimate of drug-likeness (QED) is 0.808. The first-order valence-electron chi connectivity index (χ1n) is 8.28. The van der Waals surface area contributed by atoms with Crippen LogP contribution in [0.2, 0.25) is 0 Å². The Labute approximate surface area is 147 Å². The number of pyridine rings is 1. The van der Waals surface area contributed by atoms with Crippen LogP contribution in [0.25, 0.3) is 0 Å². The van der Waals surface area contributed by atoms with Gasteiger partial charge in [0.25, 0.3) is 5.91 Å². The molecule has 0 radical (unpaired) electrons. The minimum Gasteiger partial charge on any atom is -0.493 e. The third-order valence-corrected chi connectivity index (χ3v) is 4.26. The summed E-state index contributed by atoms with van der Waals surface area (Å²) in [5.41, 5.74) is 1.33. The molecule has 0 N–H and O–H groups in total. The molecule has 1 saturated heterocycles. The van der Waals surface area contributed by atoms with Crippen LogP contribution >= 0.6 is 0 Å². The van der Waals surface area contributed by atoms with Gasteiger partial charge in [-0.2, -0.15) is 0 Å². The molecule has 1 aliphatic heterocycles. The highest BCUT2D eigenvalue weighted by molar-refractivity contribution is 6.06. The zero-order valence-corrected chi connectivity index (χ0v) is 14.5. The van der Waals surface area contributed by atoms with Crippen molar-refractivity contribution >= 4 is 11.6 Å². The van der Waals surface area contributed by atoms with Crippen molar-refractivity contribution in [3.8, 4) is 11.5 Å². The van der Waals surface area contributed by atoms with Crippen molar-refractivity contribution in [1.82, 2.24) is 4.98 Å². The highest BCUT2D eigenvalue weighted by Gasteiger charge is 2.25. The zero-order chi connectivity index (χ0) is 17.6. The fourth-order valence-corrected chi connectivity index (χ4v) is 2.95. The molecule has 1 aliphatic rings. The van der Waals surface area contributed by atoms with E-state index < -0.39 is 0 Å². The largest absolute Gasteiger partial charge is 0.493 e. The number of amides is 1. The van der Waals surface area contributed by atoms with Crippen molar-refractivity contribution in [3.05, 3.63) is 48.3 Å². The van der Waals surface area contributed by atoms with Crippen LogP contribution in [-0.4, -0.2) is 44.4 Å². The summed E-state index contributed by atoms with van der Waals surface area (Å²) in [6.07, 6.45) is 5.40. The van der Waals surface area contributed by atoms with E-state index in [4.69, 9.17) is 14.2 Å². The van der Waals surface area contributed by atoms with Gasteiger partial charge >= 0.3 is 0 Å². The van der Waals surface area contributed by atoms with Crippen LogP contribution in [0.4, 0.5) is 5.69 Å². The van der Waals surface area contributed by atoms with Gasteiger partial charge in [0, 0.05) is 30.3 Å². The average molecular weight is 342 g/mol. The van der Waals surface area contributed by atoms with Gasteiger partial charge in [-0.05, 0) is 43.2 Å². The molecule has 1 atom stereocenters. The van der Waals surface area contributed by atoms with Crippen LogP contribution in [0, 0.1) is 0 Å². The standard InChI is InChI=1S/C19H22N2O4/c1-23-17-6-5-14(12-18(17)24-2)19(22)21(13-16-4-3-11-25-16)15-7-9-20-10-8-15/h5-10,12,16H,3-4,11,13H2,1-2H3/t16-/m0/s1. The van der Waals surface area contributed by atoms with E-state index in [0.29, 0.717) is 23.6 Å². The lowest BCUT2D eigenvalue weighted by Gasteiger charge is -2.26. The molecule has 1 aromatic heterocycles. The summed E-state index contributed by atoms with van der Waals surface area (Å²) in [6, 6.07) is 8.84. The summed E-state index contributed by atoms with van der Waals surface area (Å²) in [6.45, 7) is 1.26.